The number of furan rings is 1. The summed E-state index contributed by atoms with van der Waals surface area (Å²) in [5.41, 5.74) is 0. The average molecular weight is 267 g/mol. The maximum Gasteiger partial charge on any atom is 0.166 e. The summed E-state index contributed by atoms with van der Waals surface area (Å²) in [6.45, 7) is 5.08. The molecule has 0 amide bonds. The third kappa shape index (κ3) is 4.66. The summed E-state index contributed by atoms with van der Waals surface area (Å²) in [7, 11) is 0. The van der Waals surface area contributed by atoms with E-state index in [2.05, 4.69) is 15.5 Å². The van der Waals surface area contributed by atoms with Gasteiger partial charge in [-0.05, 0) is 50.3 Å². The normalized spacial score (nSPS) is 16.4. The molecule has 18 heavy (non-hydrogen) atoms. The highest BCUT2D eigenvalue weighted by atomic mass is 32.1. The lowest BCUT2D eigenvalue weighted by Gasteiger charge is -2.26. The van der Waals surface area contributed by atoms with Gasteiger partial charge in [-0.2, -0.15) is 0 Å². The summed E-state index contributed by atoms with van der Waals surface area (Å²) in [5.74, 6) is 0.898. The second-order valence-electron chi connectivity index (χ2n) is 4.59. The van der Waals surface area contributed by atoms with Crippen molar-refractivity contribution in [2.24, 2.45) is 0 Å². The lowest BCUT2D eigenvalue weighted by molar-refractivity contribution is 0.232. The minimum atomic E-state index is 0.641. The van der Waals surface area contributed by atoms with Crippen molar-refractivity contribution < 1.29 is 4.42 Å². The van der Waals surface area contributed by atoms with Crippen molar-refractivity contribution in [3.05, 3.63) is 24.2 Å². The summed E-state index contributed by atoms with van der Waals surface area (Å²) in [6, 6.07) is 3.81. The SMILES string of the molecule is S=C(NCCN1CCCCC1)NCc1ccco1. The number of hydrogen-bond donors (Lipinski definition) is 2. The van der Waals surface area contributed by atoms with E-state index in [0.717, 1.165) is 18.8 Å². The lowest BCUT2D eigenvalue weighted by Crippen LogP contribution is -2.41. The van der Waals surface area contributed by atoms with Gasteiger partial charge in [-0.15, -0.1) is 0 Å². The quantitative estimate of drug-likeness (QED) is 0.795. The molecule has 0 saturated carbocycles. The Morgan fingerprint density at radius 1 is 1.28 bits per heavy atom. The Morgan fingerprint density at radius 2 is 2.11 bits per heavy atom. The smallest absolute Gasteiger partial charge is 0.166 e. The largest absolute Gasteiger partial charge is 0.467 e. The molecular weight excluding hydrogens is 246 g/mol. The summed E-state index contributed by atoms with van der Waals surface area (Å²) in [5, 5.41) is 7.06. The van der Waals surface area contributed by atoms with E-state index in [1.807, 2.05) is 12.1 Å². The highest BCUT2D eigenvalue weighted by Gasteiger charge is 2.09. The van der Waals surface area contributed by atoms with E-state index >= 15 is 0 Å². The second-order valence-corrected chi connectivity index (χ2v) is 5.00. The molecule has 0 radical (unpaired) electrons. The fourth-order valence-corrected chi connectivity index (χ4v) is 2.33. The van der Waals surface area contributed by atoms with E-state index in [0.29, 0.717) is 11.7 Å². The molecule has 0 unspecified atom stereocenters. The number of thiocarbonyl (C=S) groups is 1. The molecule has 1 aromatic rings. The van der Waals surface area contributed by atoms with Crippen LogP contribution in [0.1, 0.15) is 25.0 Å². The van der Waals surface area contributed by atoms with Crippen molar-refractivity contribution in [2.45, 2.75) is 25.8 Å². The fourth-order valence-electron chi connectivity index (χ4n) is 2.15. The van der Waals surface area contributed by atoms with E-state index in [-0.39, 0.29) is 0 Å². The number of rotatable bonds is 5. The minimum absolute atomic E-state index is 0.641. The van der Waals surface area contributed by atoms with Gasteiger partial charge in [0.1, 0.15) is 5.76 Å². The van der Waals surface area contributed by atoms with Crippen LogP contribution in [0.5, 0.6) is 0 Å². The zero-order valence-corrected chi connectivity index (χ0v) is 11.5. The van der Waals surface area contributed by atoms with Gasteiger partial charge in [0.25, 0.3) is 0 Å². The Hall–Kier alpha value is -1.07. The van der Waals surface area contributed by atoms with Crippen molar-refractivity contribution >= 4 is 17.3 Å². The Bertz CT molecular complexity index is 347. The van der Waals surface area contributed by atoms with Crippen LogP contribution in [0.15, 0.2) is 22.8 Å². The van der Waals surface area contributed by atoms with Crippen molar-refractivity contribution in [3.63, 3.8) is 0 Å². The Kier molecular flexibility index (Phi) is 5.48. The number of nitrogens with zero attached hydrogens (tertiary/aromatic N) is 1. The van der Waals surface area contributed by atoms with Gasteiger partial charge in [-0.3, -0.25) is 0 Å². The van der Waals surface area contributed by atoms with Gasteiger partial charge in [0.05, 0.1) is 12.8 Å². The van der Waals surface area contributed by atoms with Crippen LogP contribution in [-0.2, 0) is 6.54 Å². The van der Waals surface area contributed by atoms with Crippen LogP contribution in [0.4, 0.5) is 0 Å². The maximum absolute atomic E-state index is 5.23. The number of piperidine rings is 1. The lowest BCUT2D eigenvalue weighted by atomic mass is 10.1. The summed E-state index contributed by atoms with van der Waals surface area (Å²) >= 11 is 5.21. The molecule has 1 fully saturated rings. The van der Waals surface area contributed by atoms with E-state index in [1.165, 1.54) is 32.4 Å². The molecule has 0 aromatic carbocycles. The van der Waals surface area contributed by atoms with E-state index < -0.39 is 0 Å². The number of likely N-dealkylation sites (tertiary alicyclic amines) is 1. The molecule has 5 heteroatoms. The number of nitrogens with one attached hydrogen (secondary N) is 2. The van der Waals surface area contributed by atoms with Crippen LogP contribution in [-0.4, -0.2) is 36.2 Å². The van der Waals surface area contributed by atoms with Crippen molar-refractivity contribution in [3.8, 4) is 0 Å². The molecule has 1 aromatic heterocycles. The monoisotopic (exact) mass is 267 g/mol. The molecule has 0 atom stereocenters. The maximum atomic E-state index is 5.23. The van der Waals surface area contributed by atoms with Gasteiger partial charge in [0.2, 0.25) is 0 Å². The van der Waals surface area contributed by atoms with Gasteiger partial charge in [-0.1, -0.05) is 6.42 Å². The highest BCUT2D eigenvalue weighted by molar-refractivity contribution is 7.80. The first-order valence-corrected chi connectivity index (χ1v) is 7.02. The predicted molar refractivity (Wildman–Crippen MR) is 76.4 cm³/mol. The second kappa shape index (κ2) is 7.38. The first-order chi connectivity index (χ1) is 8.84. The minimum Gasteiger partial charge on any atom is -0.467 e. The van der Waals surface area contributed by atoms with Gasteiger partial charge in [0.15, 0.2) is 5.11 Å². The third-order valence-electron chi connectivity index (χ3n) is 3.17. The van der Waals surface area contributed by atoms with Crippen molar-refractivity contribution in [2.75, 3.05) is 26.2 Å². The van der Waals surface area contributed by atoms with Crippen LogP contribution in [0.3, 0.4) is 0 Å². The Labute approximate surface area is 114 Å². The van der Waals surface area contributed by atoms with Crippen LogP contribution in [0.2, 0.25) is 0 Å². The van der Waals surface area contributed by atoms with Gasteiger partial charge < -0.3 is 20.0 Å². The topological polar surface area (TPSA) is 40.4 Å². The zero-order chi connectivity index (χ0) is 12.6. The molecule has 1 aliphatic heterocycles. The first kappa shape index (κ1) is 13.4. The molecule has 0 spiro atoms. The molecule has 2 heterocycles. The third-order valence-corrected chi connectivity index (χ3v) is 3.45. The summed E-state index contributed by atoms with van der Waals surface area (Å²) in [4.78, 5) is 2.49. The zero-order valence-electron chi connectivity index (χ0n) is 10.7. The summed E-state index contributed by atoms with van der Waals surface area (Å²) in [6.07, 6.45) is 5.72. The molecule has 1 saturated heterocycles. The van der Waals surface area contributed by atoms with E-state index in [4.69, 9.17) is 16.6 Å². The Balaban J connectivity index is 1.54. The highest BCUT2D eigenvalue weighted by Crippen LogP contribution is 2.07. The average Bonchev–Trinajstić information content (AvgIpc) is 2.91. The van der Waals surface area contributed by atoms with E-state index in [1.54, 1.807) is 6.26 Å². The first-order valence-electron chi connectivity index (χ1n) is 6.61. The summed E-state index contributed by atoms with van der Waals surface area (Å²) < 4.78 is 5.23. The molecule has 0 aliphatic carbocycles. The molecule has 2 N–H and O–H groups in total. The molecule has 0 bridgehead atoms. The van der Waals surface area contributed by atoms with E-state index in [9.17, 15) is 0 Å². The van der Waals surface area contributed by atoms with Crippen LogP contribution < -0.4 is 10.6 Å². The van der Waals surface area contributed by atoms with Gasteiger partial charge in [0, 0.05) is 13.1 Å². The number of hydrogen-bond acceptors (Lipinski definition) is 3. The molecular formula is C13H21N3OS. The molecule has 1 aliphatic rings. The Morgan fingerprint density at radius 3 is 2.83 bits per heavy atom. The van der Waals surface area contributed by atoms with Crippen molar-refractivity contribution in [1.82, 2.24) is 15.5 Å². The van der Waals surface area contributed by atoms with Crippen molar-refractivity contribution in [1.29, 1.82) is 0 Å². The molecule has 100 valence electrons. The van der Waals surface area contributed by atoms with Crippen LogP contribution in [0, 0.1) is 0 Å². The molecule has 2 rings (SSSR count). The van der Waals surface area contributed by atoms with Crippen LogP contribution >= 0.6 is 12.2 Å². The van der Waals surface area contributed by atoms with Gasteiger partial charge in [-0.25, -0.2) is 0 Å². The fraction of sp³-hybridized carbons (Fsp3) is 0.615. The van der Waals surface area contributed by atoms with Gasteiger partial charge >= 0.3 is 0 Å². The standard InChI is InChI=1S/C13H21N3OS/c18-13(15-11-12-5-4-10-17-12)14-6-9-16-7-2-1-3-8-16/h4-5,10H,1-3,6-9,11H2,(H2,14,15,18). The predicted octanol–water partition coefficient (Wildman–Crippen LogP) is 1.73. The van der Waals surface area contributed by atoms with Crippen LogP contribution in [0.25, 0.3) is 0 Å². The molecule has 4 nitrogen and oxygen atoms in total.